The first-order valence-electron chi connectivity index (χ1n) is 11.8. The second-order valence-corrected chi connectivity index (χ2v) is 9.20. The van der Waals surface area contributed by atoms with Gasteiger partial charge >= 0.3 is 0 Å². The van der Waals surface area contributed by atoms with Crippen LogP contribution < -0.4 is 0 Å². The minimum Gasteiger partial charge on any atom is -0.368 e. The van der Waals surface area contributed by atoms with E-state index in [1.54, 1.807) is 36.4 Å². The van der Waals surface area contributed by atoms with Crippen LogP contribution in [-0.4, -0.2) is 6.61 Å². The van der Waals surface area contributed by atoms with Crippen molar-refractivity contribution in [3.63, 3.8) is 0 Å². The molecule has 1 fully saturated rings. The minimum atomic E-state index is -0.801. The number of halogens is 3. The van der Waals surface area contributed by atoms with Crippen LogP contribution in [0.25, 0.3) is 22.8 Å². The number of epoxide rings is 1. The van der Waals surface area contributed by atoms with Crippen LogP contribution in [-0.2, 0) is 11.2 Å². The molecule has 0 spiro atoms. The molecule has 1 heterocycles. The van der Waals surface area contributed by atoms with Gasteiger partial charge < -0.3 is 4.74 Å². The van der Waals surface area contributed by atoms with Crippen LogP contribution in [0.3, 0.4) is 0 Å². The largest absolute Gasteiger partial charge is 0.368 e. The van der Waals surface area contributed by atoms with Gasteiger partial charge in [-0.3, -0.25) is 0 Å². The van der Waals surface area contributed by atoms with Crippen molar-refractivity contribution in [3.05, 3.63) is 107 Å². The Kier molecular flexibility index (Phi) is 6.42. The van der Waals surface area contributed by atoms with Crippen LogP contribution in [0.4, 0.5) is 13.2 Å². The Bertz CT molecular complexity index is 1240. The number of ether oxygens (including phenoxy) is 1. The molecule has 174 valence electrons. The second kappa shape index (κ2) is 9.63. The van der Waals surface area contributed by atoms with Gasteiger partial charge in [-0.25, -0.2) is 13.2 Å². The minimum absolute atomic E-state index is 0.0466. The normalized spacial score (nSPS) is 19.6. The topological polar surface area (TPSA) is 12.5 Å². The molecule has 0 aromatic heterocycles. The SMILES string of the molecule is C=Cc1ccc(-c2ccc(CCC3CC=C(c4ccc(C5CO5)cc4F)CC3)c(F)c2F)cc1. The molecule has 4 heteroatoms. The monoisotopic (exact) mass is 460 g/mol. The molecule has 3 aromatic carbocycles. The molecule has 34 heavy (non-hydrogen) atoms. The van der Waals surface area contributed by atoms with E-state index in [2.05, 4.69) is 12.7 Å². The Hall–Kier alpha value is -3.11. The lowest BCUT2D eigenvalue weighted by atomic mass is 9.83. The Balaban J connectivity index is 1.22. The van der Waals surface area contributed by atoms with Crippen LogP contribution in [0.15, 0.2) is 67.3 Å². The maximum atomic E-state index is 14.8. The Morgan fingerprint density at radius 2 is 1.71 bits per heavy atom. The zero-order chi connectivity index (χ0) is 23.7. The van der Waals surface area contributed by atoms with Gasteiger partial charge in [-0.1, -0.05) is 67.3 Å². The van der Waals surface area contributed by atoms with Gasteiger partial charge in [0.2, 0.25) is 0 Å². The summed E-state index contributed by atoms with van der Waals surface area (Å²) in [5.74, 6) is -1.39. The predicted octanol–water partition coefficient (Wildman–Crippen LogP) is 8.30. The molecular formula is C30H27F3O. The molecule has 1 aliphatic heterocycles. The standard InChI is InChI=1S/C30H27F3O/c1-2-19-3-8-22(9-4-19)26-16-13-23(29(32)30(26)33)12-7-20-5-10-21(11-6-20)25-15-14-24(17-27(25)31)28-18-34-28/h2-4,8-10,13-17,20,28H,1,5-7,11-12,18H2. The smallest absolute Gasteiger partial charge is 0.166 e. The van der Waals surface area contributed by atoms with Crippen molar-refractivity contribution in [1.82, 2.24) is 0 Å². The molecule has 1 nitrogen and oxygen atoms in total. The zero-order valence-electron chi connectivity index (χ0n) is 19.0. The maximum absolute atomic E-state index is 14.8. The van der Waals surface area contributed by atoms with E-state index in [0.717, 1.165) is 42.4 Å². The lowest BCUT2D eigenvalue weighted by Gasteiger charge is -2.23. The summed E-state index contributed by atoms with van der Waals surface area (Å²) in [7, 11) is 0. The second-order valence-electron chi connectivity index (χ2n) is 9.20. The van der Waals surface area contributed by atoms with Gasteiger partial charge in [0.25, 0.3) is 0 Å². The van der Waals surface area contributed by atoms with Crippen LogP contribution in [0.2, 0.25) is 0 Å². The number of hydrogen-bond acceptors (Lipinski definition) is 1. The van der Waals surface area contributed by atoms with E-state index >= 15 is 0 Å². The van der Waals surface area contributed by atoms with Gasteiger partial charge in [0.05, 0.1) is 6.61 Å². The quantitative estimate of drug-likeness (QED) is 0.323. The number of hydrogen-bond donors (Lipinski definition) is 0. The third-order valence-corrected chi connectivity index (χ3v) is 7.01. The van der Waals surface area contributed by atoms with E-state index in [9.17, 15) is 13.2 Å². The van der Waals surface area contributed by atoms with Crippen LogP contribution in [0, 0.1) is 23.4 Å². The number of allylic oxidation sites excluding steroid dienone is 2. The maximum Gasteiger partial charge on any atom is 0.166 e. The Morgan fingerprint density at radius 1 is 0.941 bits per heavy atom. The van der Waals surface area contributed by atoms with Crippen LogP contribution in [0.1, 0.15) is 54.0 Å². The summed E-state index contributed by atoms with van der Waals surface area (Å²) < 4.78 is 49.4. The third-order valence-electron chi connectivity index (χ3n) is 7.01. The lowest BCUT2D eigenvalue weighted by molar-refractivity contribution is 0.414. The first kappa shape index (κ1) is 22.7. The van der Waals surface area contributed by atoms with Crippen molar-refractivity contribution in [3.8, 4) is 11.1 Å². The number of aryl methyl sites for hydroxylation is 1. The van der Waals surface area contributed by atoms with Crippen molar-refractivity contribution in [2.24, 2.45) is 5.92 Å². The van der Waals surface area contributed by atoms with E-state index in [4.69, 9.17) is 4.74 Å². The highest BCUT2D eigenvalue weighted by Gasteiger charge is 2.26. The molecule has 0 N–H and O–H groups in total. The van der Waals surface area contributed by atoms with E-state index in [-0.39, 0.29) is 17.5 Å². The third kappa shape index (κ3) is 4.74. The van der Waals surface area contributed by atoms with Crippen LogP contribution >= 0.6 is 0 Å². The molecule has 5 rings (SSSR count). The van der Waals surface area contributed by atoms with Gasteiger partial charge in [0.15, 0.2) is 11.6 Å². The van der Waals surface area contributed by atoms with Gasteiger partial charge in [-0.15, -0.1) is 0 Å². The van der Waals surface area contributed by atoms with Crippen LogP contribution in [0.5, 0.6) is 0 Å². The van der Waals surface area contributed by atoms with Crippen molar-refractivity contribution in [2.45, 2.75) is 38.2 Å². The summed E-state index contributed by atoms with van der Waals surface area (Å²) in [6.45, 7) is 4.38. The molecule has 2 atom stereocenters. The average Bonchev–Trinajstić information content (AvgIpc) is 3.71. The summed E-state index contributed by atoms with van der Waals surface area (Å²) in [6, 6.07) is 15.9. The zero-order valence-corrected chi connectivity index (χ0v) is 19.0. The van der Waals surface area contributed by atoms with Gasteiger partial charge in [0.1, 0.15) is 11.9 Å². The van der Waals surface area contributed by atoms with Gasteiger partial charge in [-0.05, 0) is 71.9 Å². The first-order chi connectivity index (χ1) is 16.5. The van der Waals surface area contributed by atoms with Crippen molar-refractivity contribution >= 4 is 11.6 Å². The molecule has 2 unspecified atom stereocenters. The molecule has 1 saturated heterocycles. The summed E-state index contributed by atoms with van der Waals surface area (Å²) in [4.78, 5) is 0. The molecule has 0 bridgehead atoms. The summed E-state index contributed by atoms with van der Waals surface area (Å²) >= 11 is 0. The molecule has 2 aliphatic rings. The Labute approximate surface area is 198 Å². The van der Waals surface area contributed by atoms with E-state index < -0.39 is 11.6 Å². The summed E-state index contributed by atoms with van der Waals surface area (Å²) in [5, 5.41) is 0. The highest BCUT2D eigenvalue weighted by molar-refractivity contribution is 5.68. The van der Waals surface area contributed by atoms with Crippen molar-refractivity contribution in [1.29, 1.82) is 0 Å². The molecular weight excluding hydrogens is 433 g/mol. The Morgan fingerprint density at radius 3 is 2.35 bits per heavy atom. The fraction of sp³-hybridized carbons (Fsp3) is 0.267. The van der Waals surface area contributed by atoms with Gasteiger partial charge in [-0.2, -0.15) is 0 Å². The highest BCUT2D eigenvalue weighted by Crippen LogP contribution is 2.36. The summed E-state index contributed by atoms with van der Waals surface area (Å²) in [6.07, 6.45) is 7.64. The molecule has 0 radical (unpaired) electrons. The fourth-order valence-electron chi connectivity index (χ4n) is 4.79. The van der Waals surface area contributed by atoms with Gasteiger partial charge in [0, 0.05) is 11.1 Å². The first-order valence-corrected chi connectivity index (χ1v) is 11.8. The highest BCUT2D eigenvalue weighted by atomic mass is 19.2. The summed E-state index contributed by atoms with van der Waals surface area (Å²) in [5.41, 5.74) is 4.83. The van der Waals surface area contributed by atoms with Crippen molar-refractivity contribution in [2.75, 3.05) is 6.61 Å². The molecule has 1 aliphatic carbocycles. The lowest BCUT2D eigenvalue weighted by Crippen LogP contribution is -2.08. The van der Waals surface area contributed by atoms with E-state index in [0.29, 0.717) is 35.6 Å². The van der Waals surface area contributed by atoms with E-state index in [1.807, 2.05) is 24.3 Å². The fourth-order valence-corrected chi connectivity index (χ4v) is 4.79. The average molecular weight is 461 g/mol. The number of benzene rings is 3. The van der Waals surface area contributed by atoms with E-state index in [1.165, 1.54) is 0 Å². The molecule has 0 saturated carbocycles. The predicted molar refractivity (Wildman–Crippen MR) is 131 cm³/mol. The molecule has 3 aromatic rings. The number of rotatable bonds is 7. The van der Waals surface area contributed by atoms with Crippen molar-refractivity contribution < 1.29 is 17.9 Å². The molecule has 0 amide bonds.